The Morgan fingerprint density at radius 1 is 1.65 bits per heavy atom. The molecule has 5 heteroatoms. The Bertz CT molecular complexity index is 440. The minimum atomic E-state index is -0.685. The van der Waals surface area contributed by atoms with E-state index in [1.54, 1.807) is 26.8 Å². The first kappa shape index (κ1) is 13.7. The van der Waals surface area contributed by atoms with E-state index in [1.165, 1.54) is 11.3 Å². The average molecular weight is 252 g/mol. The average Bonchev–Trinajstić information content (AvgIpc) is 2.62. The molecule has 2 N–H and O–H groups in total. The lowest BCUT2D eigenvalue weighted by Gasteiger charge is -2.21. The quantitative estimate of drug-likeness (QED) is 0.833. The van der Waals surface area contributed by atoms with Crippen molar-refractivity contribution in [3.8, 4) is 6.07 Å². The zero-order valence-corrected chi connectivity index (χ0v) is 11.0. The Labute approximate surface area is 105 Å². The number of thiophene rings is 1. The molecule has 0 spiro atoms. The van der Waals surface area contributed by atoms with Crippen LogP contribution in [0.1, 0.15) is 31.2 Å². The summed E-state index contributed by atoms with van der Waals surface area (Å²) >= 11 is 1.35. The van der Waals surface area contributed by atoms with Crippen LogP contribution in [-0.2, 0) is 16.0 Å². The number of hydrogen-bond donors (Lipinski definition) is 1. The molecule has 1 rings (SSSR count). The third-order valence-electron chi connectivity index (χ3n) is 1.93. The van der Waals surface area contributed by atoms with Gasteiger partial charge in [-0.1, -0.05) is 0 Å². The Morgan fingerprint density at radius 2 is 2.29 bits per heavy atom. The fourth-order valence-electron chi connectivity index (χ4n) is 1.26. The largest absolute Gasteiger partial charge is 0.459 e. The van der Waals surface area contributed by atoms with Crippen molar-refractivity contribution in [2.24, 2.45) is 5.73 Å². The fraction of sp³-hybridized carbons (Fsp3) is 0.500. The molecule has 0 aliphatic rings. The molecule has 0 fully saturated rings. The predicted octanol–water partition coefficient (Wildman–Crippen LogP) is 1.83. The second-order valence-corrected chi connectivity index (χ2v) is 5.69. The molecule has 0 aliphatic carbocycles. The van der Waals surface area contributed by atoms with Gasteiger partial charge < -0.3 is 10.5 Å². The maximum absolute atomic E-state index is 11.6. The summed E-state index contributed by atoms with van der Waals surface area (Å²) in [4.78, 5) is 12.3. The van der Waals surface area contributed by atoms with Crippen LogP contribution in [0.3, 0.4) is 0 Å². The summed E-state index contributed by atoms with van der Waals surface area (Å²) in [5.74, 6) is -0.415. The molecule has 1 atom stereocenters. The Kier molecular flexibility index (Phi) is 4.27. The summed E-state index contributed by atoms with van der Waals surface area (Å²) in [5, 5.41) is 10.5. The van der Waals surface area contributed by atoms with Gasteiger partial charge in [0.15, 0.2) is 0 Å². The third kappa shape index (κ3) is 4.55. The number of carbonyl (C=O) groups excluding carboxylic acids is 1. The van der Waals surface area contributed by atoms with Crippen molar-refractivity contribution in [2.45, 2.75) is 38.8 Å². The standard InChI is InChI=1S/C12H16N2O2S/c1-12(2,3)16-11(15)10(14)5-8-4-9(6-13)17-7-8/h4,7,10H,5,14H2,1-3H3. The van der Waals surface area contributed by atoms with Crippen LogP contribution < -0.4 is 5.73 Å². The smallest absolute Gasteiger partial charge is 0.323 e. The third-order valence-corrected chi connectivity index (χ3v) is 2.81. The van der Waals surface area contributed by atoms with Gasteiger partial charge in [-0.15, -0.1) is 11.3 Å². The second kappa shape index (κ2) is 5.30. The molecule has 0 aliphatic heterocycles. The van der Waals surface area contributed by atoms with Crippen molar-refractivity contribution in [1.82, 2.24) is 0 Å². The maximum Gasteiger partial charge on any atom is 0.323 e. The molecule has 0 saturated heterocycles. The highest BCUT2D eigenvalue weighted by Crippen LogP contribution is 2.16. The first-order valence-corrected chi connectivity index (χ1v) is 6.16. The zero-order chi connectivity index (χ0) is 13.1. The van der Waals surface area contributed by atoms with Crippen molar-refractivity contribution in [1.29, 1.82) is 5.26 Å². The van der Waals surface area contributed by atoms with Crippen LogP contribution in [0.15, 0.2) is 11.4 Å². The number of nitrogens with two attached hydrogens (primary N) is 1. The van der Waals surface area contributed by atoms with Gasteiger partial charge in [0.2, 0.25) is 0 Å². The van der Waals surface area contributed by atoms with Crippen LogP contribution in [0, 0.1) is 11.3 Å². The SMILES string of the molecule is CC(C)(C)OC(=O)C(N)Cc1csc(C#N)c1. The van der Waals surface area contributed by atoms with Gasteiger partial charge in [-0.2, -0.15) is 5.26 Å². The molecule has 0 aromatic carbocycles. The fourth-order valence-corrected chi connectivity index (χ4v) is 1.97. The molecular weight excluding hydrogens is 236 g/mol. The van der Waals surface area contributed by atoms with E-state index >= 15 is 0 Å². The summed E-state index contributed by atoms with van der Waals surface area (Å²) in [6, 6.07) is 3.11. The molecule has 1 aromatic heterocycles. The lowest BCUT2D eigenvalue weighted by atomic mass is 10.1. The van der Waals surface area contributed by atoms with E-state index in [1.807, 2.05) is 11.4 Å². The molecule has 92 valence electrons. The lowest BCUT2D eigenvalue weighted by Crippen LogP contribution is -2.38. The highest BCUT2D eigenvalue weighted by molar-refractivity contribution is 7.10. The van der Waals surface area contributed by atoms with Crippen molar-refractivity contribution in [2.75, 3.05) is 0 Å². The normalized spacial score (nSPS) is 12.9. The highest BCUT2D eigenvalue weighted by Gasteiger charge is 2.22. The molecule has 1 aromatic rings. The van der Waals surface area contributed by atoms with Gasteiger partial charge in [-0.05, 0) is 44.2 Å². The summed E-state index contributed by atoms with van der Waals surface area (Å²) in [7, 11) is 0. The van der Waals surface area contributed by atoms with E-state index in [9.17, 15) is 4.79 Å². The van der Waals surface area contributed by atoms with E-state index in [-0.39, 0.29) is 0 Å². The van der Waals surface area contributed by atoms with Gasteiger partial charge in [0.1, 0.15) is 22.6 Å². The first-order chi connectivity index (χ1) is 7.81. The predicted molar refractivity (Wildman–Crippen MR) is 66.6 cm³/mol. The number of hydrogen-bond acceptors (Lipinski definition) is 5. The minimum Gasteiger partial charge on any atom is -0.459 e. The van der Waals surface area contributed by atoms with Crippen molar-refractivity contribution in [3.05, 3.63) is 21.9 Å². The van der Waals surface area contributed by atoms with Gasteiger partial charge in [0.25, 0.3) is 0 Å². The topological polar surface area (TPSA) is 76.1 Å². The Hall–Kier alpha value is -1.38. The summed E-state index contributed by atoms with van der Waals surface area (Å²) in [6.07, 6.45) is 0.396. The van der Waals surface area contributed by atoms with E-state index in [0.29, 0.717) is 11.3 Å². The molecule has 17 heavy (non-hydrogen) atoms. The van der Waals surface area contributed by atoms with Gasteiger partial charge >= 0.3 is 5.97 Å². The van der Waals surface area contributed by atoms with Crippen LogP contribution in [0.5, 0.6) is 0 Å². The lowest BCUT2D eigenvalue weighted by molar-refractivity contribution is -0.156. The number of rotatable bonds is 3. The summed E-state index contributed by atoms with van der Waals surface area (Å²) in [6.45, 7) is 5.40. The van der Waals surface area contributed by atoms with Gasteiger partial charge in [-0.3, -0.25) is 4.79 Å². The Balaban J connectivity index is 2.57. The van der Waals surface area contributed by atoms with Gasteiger partial charge in [0, 0.05) is 0 Å². The van der Waals surface area contributed by atoms with Crippen molar-refractivity contribution >= 4 is 17.3 Å². The van der Waals surface area contributed by atoms with Crippen molar-refractivity contribution in [3.63, 3.8) is 0 Å². The second-order valence-electron chi connectivity index (χ2n) is 4.78. The monoisotopic (exact) mass is 252 g/mol. The van der Waals surface area contributed by atoms with E-state index < -0.39 is 17.6 Å². The summed E-state index contributed by atoms with van der Waals surface area (Å²) in [5.41, 5.74) is 6.12. The molecule has 1 unspecified atom stereocenters. The highest BCUT2D eigenvalue weighted by atomic mass is 32.1. The molecule has 0 radical (unpaired) electrons. The van der Waals surface area contributed by atoms with E-state index in [4.69, 9.17) is 15.7 Å². The van der Waals surface area contributed by atoms with Crippen LogP contribution in [0.25, 0.3) is 0 Å². The number of esters is 1. The maximum atomic E-state index is 11.6. The molecule has 0 bridgehead atoms. The zero-order valence-electron chi connectivity index (χ0n) is 10.2. The molecule has 0 saturated carbocycles. The first-order valence-electron chi connectivity index (χ1n) is 5.28. The number of ether oxygens (including phenoxy) is 1. The number of nitrogens with zero attached hydrogens (tertiary/aromatic N) is 1. The molecule has 1 heterocycles. The van der Waals surface area contributed by atoms with Crippen LogP contribution >= 0.6 is 11.3 Å². The number of nitriles is 1. The number of carbonyl (C=O) groups is 1. The van der Waals surface area contributed by atoms with E-state index in [0.717, 1.165) is 5.56 Å². The minimum absolute atomic E-state index is 0.396. The van der Waals surface area contributed by atoms with Gasteiger partial charge in [0.05, 0.1) is 0 Å². The molecule has 4 nitrogen and oxygen atoms in total. The molecular formula is C12H16N2O2S. The van der Waals surface area contributed by atoms with Crippen LogP contribution in [0.4, 0.5) is 0 Å². The Morgan fingerprint density at radius 3 is 2.76 bits per heavy atom. The summed E-state index contributed by atoms with van der Waals surface area (Å²) < 4.78 is 5.18. The van der Waals surface area contributed by atoms with Crippen LogP contribution in [-0.4, -0.2) is 17.6 Å². The molecule has 0 amide bonds. The van der Waals surface area contributed by atoms with Crippen LogP contribution in [0.2, 0.25) is 0 Å². The van der Waals surface area contributed by atoms with Crippen molar-refractivity contribution < 1.29 is 9.53 Å². The van der Waals surface area contributed by atoms with Gasteiger partial charge in [-0.25, -0.2) is 0 Å². The van der Waals surface area contributed by atoms with E-state index in [2.05, 4.69) is 0 Å².